The van der Waals surface area contributed by atoms with Crippen molar-refractivity contribution in [3.63, 3.8) is 0 Å². The zero-order valence-corrected chi connectivity index (χ0v) is 16.9. The van der Waals surface area contributed by atoms with E-state index >= 15 is 0 Å². The highest BCUT2D eigenvalue weighted by Crippen LogP contribution is 2.51. The highest BCUT2D eigenvalue weighted by molar-refractivity contribution is 7.71. The van der Waals surface area contributed by atoms with Crippen LogP contribution in [-0.4, -0.2) is 15.1 Å². The van der Waals surface area contributed by atoms with Crippen LogP contribution in [0.1, 0.15) is 13.9 Å². The van der Waals surface area contributed by atoms with Crippen molar-refractivity contribution in [3.05, 3.63) is 88.4 Å². The van der Waals surface area contributed by atoms with E-state index in [0.717, 1.165) is 10.9 Å². The van der Waals surface area contributed by atoms with Crippen molar-refractivity contribution < 1.29 is 21.1 Å². The molecule has 0 aliphatic carbocycles. The fraction of sp³-hybridized carbons (Fsp3) is 0.158. The molecule has 0 aliphatic heterocycles. The predicted molar refractivity (Wildman–Crippen MR) is 107 cm³/mol. The van der Waals surface area contributed by atoms with Crippen molar-refractivity contribution in [2.45, 2.75) is 19.7 Å². The normalized spacial score (nSPS) is 13.1. The van der Waals surface area contributed by atoms with Crippen LogP contribution in [0.15, 0.2) is 67.3 Å². The molecule has 0 saturated heterocycles. The molecule has 146 valence electrons. The van der Waals surface area contributed by atoms with Crippen LogP contribution in [0.4, 0.5) is 0 Å². The van der Waals surface area contributed by atoms with Gasteiger partial charge in [-0.05, 0) is 35.4 Å². The summed E-state index contributed by atoms with van der Waals surface area (Å²) in [4.78, 5) is 16.7. The minimum Gasteiger partial charge on any atom is -0.329 e. The van der Waals surface area contributed by atoms with Crippen molar-refractivity contribution in [1.29, 1.82) is 0 Å². The third-order valence-electron chi connectivity index (χ3n) is 3.56. The third-order valence-corrected chi connectivity index (χ3v) is 5.56. The molecule has 0 fully saturated rings. The Bertz CT molecular complexity index is 1030. The molecule has 1 aromatic heterocycles. The number of benzene rings is 2. The smallest absolute Gasteiger partial charge is 0.329 e. The van der Waals surface area contributed by atoms with E-state index in [0.29, 0.717) is 21.2 Å². The lowest BCUT2D eigenvalue weighted by Crippen LogP contribution is -2.13. The second kappa shape index (κ2) is 9.50. The average molecular weight is 441 g/mol. The highest BCUT2D eigenvalue weighted by atomic mass is 35.5. The van der Waals surface area contributed by atoms with Gasteiger partial charge in [0.1, 0.15) is 0 Å². The van der Waals surface area contributed by atoms with E-state index in [1.165, 1.54) is 12.4 Å². The van der Waals surface area contributed by atoms with E-state index < -0.39 is 19.6 Å². The Kier molecular flexibility index (Phi) is 6.14. The SMILES string of the molecule is [2H]C([2H])(C(=O)P(=O)(OCc1cccc(Cl)c1)OCc1cccc(Cl)c1)n1ccnc1. The molecule has 2 aromatic carbocycles. The Balaban J connectivity index is 1.86. The van der Waals surface area contributed by atoms with E-state index in [1.54, 1.807) is 48.5 Å². The van der Waals surface area contributed by atoms with Gasteiger partial charge in [-0.15, -0.1) is 0 Å². The summed E-state index contributed by atoms with van der Waals surface area (Å²) in [6.45, 7) is -3.23. The molecule has 0 bridgehead atoms. The van der Waals surface area contributed by atoms with E-state index in [-0.39, 0.29) is 13.2 Å². The molecule has 28 heavy (non-hydrogen) atoms. The molecule has 0 amide bonds. The number of carbonyl (C=O) groups excluding carboxylic acids is 1. The quantitative estimate of drug-likeness (QED) is 0.419. The Morgan fingerprint density at radius 2 is 1.64 bits per heavy atom. The molecule has 1 heterocycles. The van der Waals surface area contributed by atoms with Crippen LogP contribution in [0, 0.1) is 0 Å². The maximum atomic E-state index is 13.4. The van der Waals surface area contributed by atoms with E-state index in [4.69, 9.17) is 35.0 Å². The molecule has 0 unspecified atom stereocenters. The maximum Gasteiger partial charge on any atom is 0.399 e. The van der Waals surface area contributed by atoms with Crippen LogP contribution >= 0.6 is 30.8 Å². The number of hydrogen-bond donors (Lipinski definition) is 0. The minimum absolute atomic E-state index is 0.265. The van der Waals surface area contributed by atoms with Gasteiger partial charge in [-0.3, -0.25) is 18.4 Å². The number of imidazole rings is 1. The van der Waals surface area contributed by atoms with Gasteiger partial charge in [0, 0.05) is 22.4 Å². The molecule has 0 atom stereocenters. The fourth-order valence-electron chi connectivity index (χ4n) is 2.22. The first-order valence-corrected chi connectivity index (χ1v) is 10.4. The summed E-state index contributed by atoms with van der Waals surface area (Å²) in [6.07, 6.45) is 3.65. The average Bonchev–Trinajstić information content (AvgIpc) is 3.26. The van der Waals surface area contributed by atoms with Crippen molar-refractivity contribution in [2.75, 3.05) is 0 Å². The van der Waals surface area contributed by atoms with Crippen molar-refractivity contribution in [2.24, 2.45) is 0 Å². The predicted octanol–water partition coefficient (Wildman–Crippen LogP) is 5.34. The first-order chi connectivity index (χ1) is 14.2. The van der Waals surface area contributed by atoms with Gasteiger partial charge < -0.3 is 4.57 Å². The van der Waals surface area contributed by atoms with Gasteiger partial charge >= 0.3 is 7.60 Å². The van der Waals surface area contributed by atoms with Crippen LogP contribution < -0.4 is 0 Å². The minimum atomic E-state index is -4.58. The lowest BCUT2D eigenvalue weighted by Gasteiger charge is -2.18. The van der Waals surface area contributed by atoms with Crippen LogP contribution in [0.25, 0.3) is 0 Å². The molecule has 3 rings (SSSR count). The van der Waals surface area contributed by atoms with E-state index in [9.17, 15) is 9.36 Å². The molecule has 0 saturated carbocycles. The number of carbonyl (C=O) groups is 1. The van der Waals surface area contributed by atoms with Crippen LogP contribution in [0.5, 0.6) is 0 Å². The van der Waals surface area contributed by atoms with Gasteiger partial charge in [0.2, 0.25) is 0 Å². The summed E-state index contributed by atoms with van der Waals surface area (Å²) in [7, 11) is -4.58. The first-order valence-electron chi connectivity index (χ1n) is 9.12. The van der Waals surface area contributed by atoms with E-state index in [2.05, 4.69) is 4.98 Å². The van der Waals surface area contributed by atoms with Crippen molar-refractivity contribution in [1.82, 2.24) is 9.55 Å². The van der Waals surface area contributed by atoms with Gasteiger partial charge in [-0.2, -0.15) is 0 Å². The maximum absolute atomic E-state index is 13.4. The molecule has 0 radical (unpaired) electrons. The Labute approximate surface area is 175 Å². The number of nitrogens with zero attached hydrogens (tertiary/aromatic N) is 2. The summed E-state index contributed by atoms with van der Waals surface area (Å²) in [5, 5.41) is 0.872. The lowest BCUT2D eigenvalue weighted by molar-refractivity contribution is -0.114. The monoisotopic (exact) mass is 440 g/mol. The molecular weight excluding hydrogens is 422 g/mol. The van der Waals surface area contributed by atoms with Gasteiger partial charge in [0.05, 0.1) is 28.8 Å². The molecular formula is C19H17Cl2N2O4P. The largest absolute Gasteiger partial charge is 0.399 e. The third kappa shape index (κ3) is 5.77. The topological polar surface area (TPSA) is 70.4 Å². The first kappa shape index (κ1) is 18.1. The van der Waals surface area contributed by atoms with Crippen LogP contribution in [-0.2, 0) is 38.1 Å². The standard InChI is InChI=1S/C19H17Cl2N2O4P/c20-17-5-1-3-15(9-17)12-26-28(25,19(24)11-23-8-7-22-14-23)27-13-16-4-2-6-18(21)10-16/h1-10,14H,11-13H2/i11D2. The second-order valence-corrected chi connectivity index (χ2v) is 8.48. The Morgan fingerprint density at radius 3 is 2.11 bits per heavy atom. The van der Waals surface area contributed by atoms with Crippen LogP contribution in [0.2, 0.25) is 10.0 Å². The Morgan fingerprint density at radius 1 is 1.07 bits per heavy atom. The summed E-state index contributed by atoms with van der Waals surface area (Å²) in [5.41, 5.74) is -0.257. The fourth-order valence-corrected chi connectivity index (χ4v) is 3.83. The number of hydrogen-bond acceptors (Lipinski definition) is 5. The van der Waals surface area contributed by atoms with Gasteiger partial charge in [-0.25, -0.2) is 4.98 Å². The van der Waals surface area contributed by atoms with Crippen molar-refractivity contribution >= 4 is 36.3 Å². The summed E-state index contributed by atoms with van der Waals surface area (Å²) in [5.74, 6) is 0. The highest BCUT2D eigenvalue weighted by Gasteiger charge is 2.35. The number of halogens is 2. The van der Waals surface area contributed by atoms with Gasteiger partial charge in [0.15, 0.2) is 0 Å². The molecule has 0 aliphatic rings. The zero-order chi connectivity index (χ0) is 21.8. The van der Waals surface area contributed by atoms with Crippen molar-refractivity contribution in [3.8, 4) is 0 Å². The summed E-state index contributed by atoms with van der Waals surface area (Å²) in [6, 6.07) is 13.2. The number of aromatic nitrogens is 2. The zero-order valence-electron chi connectivity index (χ0n) is 16.5. The van der Waals surface area contributed by atoms with Crippen LogP contribution in [0.3, 0.4) is 0 Å². The summed E-state index contributed by atoms with van der Waals surface area (Å²) >= 11 is 11.9. The molecule has 0 spiro atoms. The summed E-state index contributed by atoms with van der Waals surface area (Å²) < 4.78 is 41.4. The molecule has 0 N–H and O–H groups in total. The lowest BCUT2D eigenvalue weighted by atomic mass is 10.2. The van der Waals surface area contributed by atoms with Gasteiger partial charge in [0.25, 0.3) is 5.52 Å². The second-order valence-electron chi connectivity index (χ2n) is 5.69. The van der Waals surface area contributed by atoms with E-state index in [1.807, 2.05) is 0 Å². The molecule has 3 aromatic rings. The van der Waals surface area contributed by atoms with Gasteiger partial charge in [-0.1, -0.05) is 47.5 Å². The Hall–Kier alpha value is -1.95. The number of rotatable bonds is 9. The molecule has 9 heteroatoms. The molecule has 6 nitrogen and oxygen atoms in total.